The Labute approximate surface area is 111 Å². The van der Waals surface area contributed by atoms with E-state index in [0.29, 0.717) is 24.5 Å². The molecular formula is C12H17N3O4. The molecular weight excluding hydrogens is 250 g/mol. The number of ether oxygens (including phenoxy) is 2. The first-order valence-electron chi connectivity index (χ1n) is 5.68. The van der Waals surface area contributed by atoms with E-state index in [1.807, 2.05) is 0 Å². The Morgan fingerprint density at radius 1 is 1.16 bits per heavy atom. The predicted octanol–water partition coefficient (Wildman–Crippen LogP) is 0.779. The fourth-order valence-corrected chi connectivity index (χ4v) is 1.25. The molecule has 0 spiro atoms. The van der Waals surface area contributed by atoms with Crippen LogP contribution in [0.15, 0.2) is 24.3 Å². The highest BCUT2D eigenvalue weighted by Crippen LogP contribution is 2.13. The third kappa shape index (κ3) is 5.84. The van der Waals surface area contributed by atoms with Crippen molar-refractivity contribution in [2.75, 3.05) is 37.5 Å². The molecule has 2 amide bonds. The first-order chi connectivity index (χ1) is 9.15. The molecule has 0 atom stereocenters. The molecule has 1 aromatic rings. The highest BCUT2D eigenvalue weighted by atomic mass is 16.5. The van der Waals surface area contributed by atoms with Crippen LogP contribution in [-0.2, 0) is 14.3 Å². The van der Waals surface area contributed by atoms with Gasteiger partial charge < -0.3 is 20.5 Å². The number of anilines is 2. The van der Waals surface area contributed by atoms with E-state index in [0.717, 1.165) is 0 Å². The fraction of sp³-hybridized carbons (Fsp3) is 0.333. The van der Waals surface area contributed by atoms with Crippen LogP contribution in [0.5, 0.6) is 0 Å². The van der Waals surface area contributed by atoms with Gasteiger partial charge in [-0.25, -0.2) is 4.79 Å². The van der Waals surface area contributed by atoms with Gasteiger partial charge in [-0.2, -0.15) is 0 Å². The molecule has 0 radical (unpaired) electrons. The van der Waals surface area contributed by atoms with E-state index in [9.17, 15) is 9.59 Å². The van der Waals surface area contributed by atoms with Crippen molar-refractivity contribution >= 4 is 23.4 Å². The van der Waals surface area contributed by atoms with Crippen molar-refractivity contribution in [3.63, 3.8) is 0 Å². The molecule has 0 bridgehead atoms. The molecule has 7 heteroatoms. The van der Waals surface area contributed by atoms with Crippen molar-refractivity contribution in [3.8, 4) is 0 Å². The molecule has 0 saturated carbocycles. The van der Waals surface area contributed by atoms with Gasteiger partial charge in [0.1, 0.15) is 6.61 Å². The standard InChI is InChI=1S/C12H17N3O4/c1-18-12(17)15-10-4-2-9(3-5-10)14-11(16)8-19-7-6-13/h2-5H,6-8,13H2,1H3,(H,14,16)(H,15,17). The Hall–Kier alpha value is -2.12. The summed E-state index contributed by atoms with van der Waals surface area (Å²) in [6.45, 7) is 0.677. The lowest BCUT2D eigenvalue weighted by atomic mass is 10.3. The van der Waals surface area contributed by atoms with Crippen molar-refractivity contribution in [3.05, 3.63) is 24.3 Å². The number of nitrogens with two attached hydrogens (primary N) is 1. The number of amides is 2. The number of nitrogens with one attached hydrogen (secondary N) is 2. The lowest BCUT2D eigenvalue weighted by molar-refractivity contribution is -0.120. The molecule has 0 saturated heterocycles. The summed E-state index contributed by atoms with van der Waals surface area (Å²) in [5, 5.41) is 5.15. The monoisotopic (exact) mass is 267 g/mol. The number of carbonyl (C=O) groups is 2. The van der Waals surface area contributed by atoms with Gasteiger partial charge in [-0.1, -0.05) is 0 Å². The van der Waals surface area contributed by atoms with Crippen molar-refractivity contribution in [1.82, 2.24) is 0 Å². The van der Waals surface area contributed by atoms with Gasteiger partial charge in [0.05, 0.1) is 13.7 Å². The van der Waals surface area contributed by atoms with E-state index in [-0.39, 0.29) is 12.5 Å². The van der Waals surface area contributed by atoms with Gasteiger partial charge >= 0.3 is 6.09 Å². The highest BCUT2D eigenvalue weighted by Gasteiger charge is 2.03. The summed E-state index contributed by atoms with van der Waals surface area (Å²) in [6, 6.07) is 6.61. The zero-order valence-corrected chi connectivity index (χ0v) is 10.6. The van der Waals surface area contributed by atoms with Gasteiger partial charge in [0, 0.05) is 17.9 Å². The molecule has 104 valence electrons. The molecule has 7 nitrogen and oxygen atoms in total. The van der Waals surface area contributed by atoms with Crippen molar-refractivity contribution < 1.29 is 19.1 Å². The Morgan fingerprint density at radius 2 is 1.74 bits per heavy atom. The van der Waals surface area contributed by atoms with Crippen LogP contribution in [0.3, 0.4) is 0 Å². The summed E-state index contributed by atoms with van der Waals surface area (Å²) in [5.41, 5.74) is 6.42. The van der Waals surface area contributed by atoms with Crippen LogP contribution in [0.25, 0.3) is 0 Å². The van der Waals surface area contributed by atoms with Gasteiger partial charge in [0.2, 0.25) is 5.91 Å². The van der Waals surface area contributed by atoms with E-state index in [1.165, 1.54) is 7.11 Å². The maximum Gasteiger partial charge on any atom is 0.411 e. The Kier molecular flexibility index (Phi) is 6.34. The number of hydrogen-bond acceptors (Lipinski definition) is 5. The first-order valence-corrected chi connectivity index (χ1v) is 5.68. The molecule has 0 aromatic heterocycles. The topological polar surface area (TPSA) is 103 Å². The maximum atomic E-state index is 11.4. The largest absolute Gasteiger partial charge is 0.453 e. The molecule has 0 fully saturated rings. The van der Waals surface area contributed by atoms with E-state index >= 15 is 0 Å². The average Bonchev–Trinajstić information content (AvgIpc) is 2.41. The van der Waals surface area contributed by atoms with Crippen LogP contribution < -0.4 is 16.4 Å². The smallest absolute Gasteiger partial charge is 0.411 e. The second-order valence-electron chi connectivity index (χ2n) is 3.58. The molecule has 4 N–H and O–H groups in total. The van der Waals surface area contributed by atoms with Crippen molar-refractivity contribution in [1.29, 1.82) is 0 Å². The van der Waals surface area contributed by atoms with Gasteiger partial charge in [0.25, 0.3) is 0 Å². The van der Waals surface area contributed by atoms with Crippen LogP contribution in [-0.4, -0.2) is 38.9 Å². The van der Waals surface area contributed by atoms with E-state index < -0.39 is 6.09 Å². The van der Waals surface area contributed by atoms with Gasteiger partial charge in [0.15, 0.2) is 0 Å². The Morgan fingerprint density at radius 3 is 2.26 bits per heavy atom. The lowest BCUT2D eigenvalue weighted by Gasteiger charge is -2.07. The molecule has 0 heterocycles. The number of benzene rings is 1. The minimum absolute atomic E-state index is 0.0423. The predicted molar refractivity (Wildman–Crippen MR) is 71.0 cm³/mol. The zero-order valence-electron chi connectivity index (χ0n) is 10.6. The van der Waals surface area contributed by atoms with Crippen molar-refractivity contribution in [2.24, 2.45) is 5.73 Å². The van der Waals surface area contributed by atoms with Gasteiger partial charge in [-0.05, 0) is 24.3 Å². The lowest BCUT2D eigenvalue weighted by Crippen LogP contribution is -2.20. The van der Waals surface area contributed by atoms with Crippen LogP contribution in [0.4, 0.5) is 16.2 Å². The number of rotatable bonds is 6. The highest BCUT2D eigenvalue weighted by molar-refractivity contribution is 5.92. The van der Waals surface area contributed by atoms with Crippen molar-refractivity contribution in [2.45, 2.75) is 0 Å². The Bertz CT molecular complexity index is 419. The van der Waals surface area contributed by atoms with E-state index in [1.54, 1.807) is 24.3 Å². The maximum absolute atomic E-state index is 11.4. The molecule has 1 rings (SSSR count). The quantitative estimate of drug-likeness (QED) is 0.661. The molecule has 0 aliphatic rings. The van der Waals surface area contributed by atoms with Gasteiger partial charge in [-0.3, -0.25) is 10.1 Å². The summed E-state index contributed by atoms with van der Waals surface area (Å²) >= 11 is 0. The third-order valence-electron chi connectivity index (χ3n) is 2.10. The second-order valence-corrected chi connectivity index (χ2v) is 3.58. The summed E-state index contributed by atoms with van der Waals surface area (Å²) < 4.78 is 9.45. The van der Waals surface area contributed by atoms with E-state index in [4.69, 9.17) is 10.5 Å². The fourth-order valence-electron chi connectivity index (χ4n) is 1.25. The normalized spacial score (nSPS) is 9.79. The average molecular weight is 267 g/mol. The second kappa shape index (κ2) is 8.06. The number of methoxy groups -OCH3 is 1. The molecule has 0 unspecified atom stereocenters. The minimum atomic E-state index is -0.549. The summed E-state index contributed by atoms with van der Waals surface area (Å²) in [7, 11) is 1.28. The zero-order chi connectivity index (χ0) is 14.1. The first kappa shape index (κ1) is 14.9. The van der Waals surface area contributed by atoms with Gasteiger partial charge in [-0.15, -0.1) is 0 Å². The molecule has 1 aromatic carbocycles. The summed E-state index contributed by atoms with van der Waals surface area (Å²) in [5.74, 6) is -0.262. The SMILES string of the molecule is COC(=O)Nc1ccc(NC(=O)COCCN)cc1. The third-order valence-corrected chi connectivity index (χ3v) is 2.10. The molecule has 0 aliphatic carbocycles. The molecule has 0 aliphatic heterocycles. The van der Waals surface area contributed by atoms with Crippen LogP contribution in [0.1, 0.15) is 0 Å². The summed E-state index contributed by atoms with van der Waals surface area (Å²) in [4.78, 5) is 22.4. The number of hydrogen-bond donors (Lipinski definition) is 3. The van der Waals surface area contributed by atoms with E-state index in [2.05, 4.69) is 15.4 Å². The summed E-state index contributed by atoms with van der Waals surface area (Å²) in [6.07, 6.45) is -0.549. The molecule has 19 heavy (non-hydrogen) atoms. The van der Waals surface area contributed by atoms with Crippen LogP contribution in [0.2, 0.25) is 0 Å². The van der Waals surface area contributed by atoms with Crippen LogP contribution >= 0.6 is 0 Å². The number of carbonyl (C=O) groups excluding carboxylic acids is 2. The Balaban J connectivity index is 2.43. The minimum Gasteiger partial charge on any atom is -0.453 e. The van der Waals surface area contributed by atoms with Crippen LogP contribution in [0, 0.1) is 0 Å².